The smallest absolute Gasteiger partial charge is 0.356 e. The van der Waals surface area contributed by atoms with Crippen LogP contribution in [0.4, 0.5) is 14.5 Å². The minimum absolute atomic E-state index is 0.0604. The van der Waals surface area contributed by atoms with E-state index in [0.29, 0.717) is 33.4 Å². The van der Waals surface area contributed by atoms with E-state index in [-0.39, 0.29) is 11.2 Å². The third-order valence-corrected chi connectivity index (χ3v) is 5.81. The van der Waals surface area contributed by atoms with Gasteiger partial charge in [-0.3, -0.25) is 9.36 Å². The molecular weight excluding hydrogens is 468 g/mol. The van der Waals surface area contributed by atoms with Crippen LogP contribution in [0.5, 0.6) is 0 Å². The van der Waals surface area contributed by atoms with Crippen molar-refractivity contribution in [1.29, 1.82) is 5.26 Å². The minimum atomic E-state index is -2.91. The molecule has 2 heterocycles. The summed E-state index contributed by atoms with van der Waals surface area (Å²) in [6.07, 6.45) is -2.91. The van der Waals surface area contributed by atoms with E-state index in [1.807, 2.05) is 13.0 Å². The van der Waals surface area contributed by atoms with E-state index in [9.17, 15) is 23.5 Å². The lowest BCUT2D eigenvalue weighted by molar-refractivity contribution is 0.0690. The second-order valence-corrected chi connectivity index (χ2v) is 8.34. The Labute approximate surface area is 204 Å². The normalized spacial score (nSPS) is 11.9. The number of aromatic nitrogens is 3. The van der Waals surface area contributed by atoms with Gasteiger partial charge in [0.1, 0.15) is 11.5 Å². The maximum atomic E-state index is 13.3. The molecule has 0 saturated heterocycles. The SMILES string of the molecule is Cc1cc([C@@H](C)Nc2ccc(C(F)F)nc2C(=O)O)c2nc(-c3ccc(C#N)cc3)n(C)c(=O)c2c1. The van der Waals surface area contributed by atoms with E-state index < -0.39 is 29.8 Å². The van der Waals surface area contributed by atoms with Crippen molar-refractivity contribution in [2.45, 2.75) is 26.3 Å². The van der Waals surface area contributed by atoms with Gasteiger partial charge in [0.05, 0.1) is 34.3 Å². The van der Waals surface area contributed by atoms with Crippen molar-refractivity contribution in [3.8, 4) is 17.5 Å². The first-order valence-electron chi connectivity index (χ1n) is 10.9. The number of nitrogens with zero attached hydrogens (tertiary/aromatic N) is 4. The highest BCUT2D eigenvalue weighted by molar-refractivity contribution is 5.92. The standard InChI is InChI=1S/C26H21F2N5O3/c1-13-10-17(14(2)30-19-8-9-20(23(27)28)31-22(19)26(35)36)21-18(11-13)25(34)33(3)24(32-21)16-6-4-15(12-29)5-7-16/h4-11,14,23,30H,1-3H3,(H,35,36)/t14-/m1/s1. The first-order chi connectivity index (χ1) is 17.1. The second kappa shape index (κ2) is 9.54. The summed E-state index contributed by atoms with van der Waals surface area (Å²) in [7, 11) is 1.61. The zero-order chi connectivity index (χ0) is 26.1. The number of pyridine rings is 1. The summed E-state index contributed by atoms with van der Waals surface area (Å²) in [4.78, 5) is 33.3. The number of rotatable bonds is 6. The summed E-state index contributed by atoms with van der Waals surface area (Å²) in [6, 6.07) is 14.0. The Balaban J connectivity index is 1.85. The number of fused-ring (bicyclic) bond motifs is 1. The highest BCUT2D eigenvalue weighted by Crippen LogP contribution is 2.30. The van der Waals surface area contributed by atoms with Crippen LogP contribution >= 0.6 is 0 Å². The van der Waals surface area contributed by atoms with Gasteiger partial charge in [0.25, 0.3) is 12.0 Å². The van der Waals surface area contributed by atoms with E-state index in [2.05, 4.69) is 16.4 Å². The maximum absolute atomic E-state index is 13.3. The second-order valence-electron chi connectivity index (χ2n) is 8.34. The highest BCUT2D eigenvalue weighted by atomic mass is 19.3. The zero-order valence-electron chi connectivity index (χ0n) is 19.6. The molecule has 4 rings (SSSR count). The highest BCUT2D eigenvalue weighted by Gasteiger charge is 2.21. The Hall–Kier alpha value is -4.65. The molecule has 0 aliphatic heterocycles. The number of nitrogens with one attached hydrogen (secondary N) is 1. The lowest BCUT2D eigenvalue weighted by Gasteiger charge is -2.20. The fourth-order valence-electron chi connectivity index (χ4n) is 4.02. The summed E-state index contributed by atoms with van der Waals surface area (Å²) in [5.74, 6) is -1.06. The van der Waals surface area contributed by atoms with Crippen LogP contribution in [0.15, 0.2) is 53.3 Å². The van der Waals surface area contributed by atoms with E-state index in [0.717, 1.165) is 11.6 Å². The van der Waals surface area contributed by atoms with Gasteiger partial charge in [0.15, 0.2) is 5.69 Å². The van der Waals surface area contributed by atoms with Crippen LogP contribution < -0.4 is 10.9 Å². The molecule has 0 saturated carbocycles. The molecule has 4 aromatic rings. The summed E-state index contributed by atoms with van der Waals surface area (Å²) >= 11 is 0. The first-order valence-corrected chi connectivity index (χ1v) is 10.9. The fourth-order valence-corrected chi connectivity index (χ4v) is 4.02. The van der Waals surface area contributed by atoms with Crippen LogP contribution in [0.25, 0.3) is 22.3 Å². The number of carboxylic acid groups (broad SMARTS) is 1. The van der Waals surface area contributed by atoms with E-state index in [1.165, 1.54) is 10.6 Å². The van der Waals surface area contributed by atoms with Crippen molar-refractivity contribution in [3.05, 3.63) is 87.0 Å². The van der Waals surface area contributed by atoms with Crippen molar-refractivity contribution in [3.63, 3.8) is 0 Å². The molecule has 0 bridgehead atoms. The Morgan fingerprint density at radius 3 is 2.44 bits per heavy atom. The minimum Gasteiger partial charge on any atom is -0.476 e. The van der Waals surface area contributed by atoms with Crippen LogP contribution in [-0.4, -0.2) is 25.6 Å². The third-order valence-electron chi connectivity index (χ3n) is 5.81. The number of anilines is 1. The van der Waals surface area contributed by atoms with Crippen molar-refractivity contribution < 1.29 is 18.7 Å². The van der Waals surface area contributed by atoms with Gasteiger partial charge in [-0.15, -0.1) is 0 Å². The van der Waals surface area contributed by atoms with Gasteiger partial charge in [-0.2, -0.15) is 5.26 Å². The number of hydrogen-bond donors (Lipinski definition) is 2. The predicted molar refractivity (Wildman–Crippen MR) is 130 cm³/mol. The molecule has 36 heavy (non-hydrogen) atoms. The van der Waals surface area contributed by atoms with Crippen molar-refractivity contribution in [1.82, 2.24) is 14.5 Å². The van der Waals surface area contributed by atoms with Gasteiger partial charge in [-0.05, 0) is 61.9 Å². The molecule has 2 aromatic carbocycles. The number of halogens is 2. The number of hydrogen-bond acceptors (Lipinski definition) is 6. The summed E-state index contributed by atoms with van der Waals surface area (Å²) in [6.45, 7) is 3.58. The van der Waals surface area contributed by atoms with E-state index >= 15 is 0 Å². The Kier molecular flexibility index (Phi) is 6.49. The monoisotopic (exact) mass is 489 g/mol. The van der Waals surface area contributed by atoms with E-state index in [4.69, 9.17) is 10.2 Å². The molecule has 2 N–H and O–H groups in total. The Morgan fingerprint density at radius 2 is 1.83 bits per heavy atom. The maximum Gasteiger partial charge on any atom is 0.356 e. The summed E-state index contributed by atoms with van der Waals surface area (Å²) in [5, 5.41) is 22.0. The molecule has 0 fully saturated rings. The number of carboxylic acids is 1. The summed E-state index contributed by atoms with van der Waals surface area (Å²) < 4.78 is 27.5. The summed E-state index contributed by atoms with van der Waals surface area (Å²) in [5.41, 5.74) is 1.56. The third kappa shape index (κ3) is 4.51. The molecule has 2 aromatic heterocycles. The molecule has 0 aliphatic rings. The largest absolute Gasteiger partial charge is 0.476 e. The molecule has 0 aliphatic carbocycles. The number of nitriles is 1. The number of benzene rings is 2. The zero-order valence-corrected chi connectivity index (χ0v) is 19.6. The number of aryl methyl sites for hydroxylation is 1. The number of carbonyl (C=O) groups is 1. The fraction of sp³-hybridized carbons (Fsp3) is 0.192. The molecule has 10 heteroatoms. The average Bonchev–Trinajstić information content (AvgIpc) is 2.86. The number of aromatic carboxylic acids is 1. The molecule has 0 amide bonds. The van der Waals surface area contributed by atoms with Crippen molar-refractivity contribution >= 4 is 22.6 Å². The van der Waals surface area contributed by atoms with E-state index in [1.54, 1.807) is 44.3 Å². The molecule has 182 valence electrons. The molecule has 0 spiro atoms. The van der Waals surface area contributed by atoms with Gasteiger partial charge >= 0.3 is 5.97 Å². The van der Waals surface area contributed by atoms with Gasteiger partial charge < -0.3 is 10.4 Å². The number of alkyl halides is 2. The first kappa shape index (κ1) is 24.5. The molecule has 8 nitrogen and oxygen atoms in total. The van der Waals surface area contributed by atoms with Gasteiger partial charge in [-0.1, -0.05) is 6.07 Å². The molecule has 0 unspecified atom stereocenters. The lowest BCUT2D eigenvalue weighted by Crippen LogP contribution is -2.22. The Morgan fingerprint density at radius 1 is 1.14 bits per heavy atom. The van der Waals surface area contributed by atoms with Crippen LogP contribution in [-0.2, 0) is 7.05 Å². The van der Waals surface area contributed by atoms with Crippen LogP contribution in [0.3, 0.4) is 0 Å². The molecular formula is C26H21F2N5O3. The van der Waals surface area contributed by atoms with Crippen LogP contribution in [0, 0.1) is 18.3 Å². The average molecular weight is 489 g/mol. The van der Waals surface area contributed by atoms with Crippen LogP contribution in [0.1, 0.15) is 52.3 Å². The predicted octanol–water partition coefficient (Wildman–Crippen LogP) is 4.98. The molecule has 0 radical (unpaired) electrons. The lowest BCUT2D eigenvalue weighted by atomic mass is 10.0. The van der Waals surface area contributed by atoms with Crippen LogP contribution in [0.2, 0.25) is 0 Å². The van der Waals surface area contributed by atoms with Gasteiger partial charge in [0, 0.05) is 18.2 Å². The Bertz CT molecular complexity index is 1590. The van der Waals surface area contributed by atoms with Crippen molar-refractivity contribution in [2.24, 2.45) is 7.05 Å². The molecule has 1 atom stereocenters. The van der Waals surface area contributed by atoms with Gasteiger partial charge in [0.2, 0.25) is 0 Å². The quantitative estimate of drug-likeness (QED) is 0.392. The van der Waals surface area contributed by atoms with Gasteiger partial charge in [-0.25, -0.2) is 23.5 Å². The van der Waals surface area contributed by atoms with Crippen molar-refractivity contribution in [2.75, 3.05) is 5.32 Å². The topological polar surface area (TPSA) is 121 Å².